The quantitative estimate of drug-likeness (QED) is 0.270. The highest BCUT2D eigenvalue weighted by Gasteiger charge is 2.09. The summed E-state index contributed by atoms with van der Waals surface area (Å²) in [6.45, 7) is 0. The minimum atomic E-state index is 0.926. The molecule has 158 valence electrons. The number of aromatic nitrogens is 4. The molecule has 7 rings (SSSR count). The second-order valence-electron chi connectivity index (χ2n) is 8.40. The normalized spacial score (nSPS) is 11.5. The topological polar surface area (TPSA) is 51.6 Å². The molecule has 0 aliphatic rings. The van der Waals surface area contributed by atoms with E-state index in [4.69, 9.17) is 9.97 Å². The molecule has 0 N–H and O–H groups in total. The lowest BCUT2D eigenvalue weighted by molar-refractivity contribution is 1.36. The minimum absolute atomic E-state index is 0.926. The molecule has 0 saturated heterocycles. The lowest BCUT2D eigenvalue weighted by Gasteiger charge is -2.08. The summed E-state index contributed by atoms with van der Waals surface area (Å²) in [4.78, 5) is 19.1. The fraction of sp³-hybridized carbons (Fsp3) is 0. The second-order valence-corrected chi connectivity index (χ2v) is 8.40. The molecule has 0 unspecified atom stereocenters. The summed E-state index contributed by atoms with van der Waals surface area (Å²) in [5.74, 6) is 0. The minimum Gasteiger partial charge on any atom is -0.254 e. The predicted octanol–water partition coefficient (Wildman–Crippen LogP) is 7.21. The van der Waals surface area contributed by atoms with Gasteiger partial charge >= 0.3 is 0 Å². The van der Waals surface area contributed by atoms with E-state index in [9.17, 15) is 0 Å². The highest BCUT2D eigenvalue weighted by molar-refractivity contribution is 6.04. The number of nitrogens with zero attached hydrogens (tertiary/aromatic N) is 4. The van der Waals surface area contributed by atoms with Gasteiger partial charge in [-0.15, -0.1) is 0 Å². The van der Waals surface area contributed by atoms with Gasteiger partial charge in [-0.2, -0.15) is 0 Å². The van der Waals surface area contributed by atoms with Gasteiger partial charge in [0.1, 0.15) is 0 Å². The highest BCUT2D eigenvalue weighted by atomic mass is 14.8. The van der Waals surface area contributed by atoms with Crippen molar-refractivity contribution in [3.8, 4) is 22.5 Å². The van der Waals surface area contributed by atoms with Gasteiger partial charge in [-0.3, -0.25) is 9.97 Å². The van der Waals surface area contributed by atoms with Crippen LogP contribution in [0.1, 0.15) is 0 Å². The van der Waals surface area contributed by atoms with Crippen molar-refractivity contribution in [3.63, 3.8) is 0 Å². The number of fused-ring (bicyclic) bond motifs is 6. The third-order valence-electron chi connectivity index (χ3n) is 6.34. The first-order valence-electron chi connectivity index (χ1n) is 11.2. The van der Waals surface area contributed by atoms with E-state index in [1.165, 1.54) is 0 Å². The third-order valence-corrected chi connectivity index (χ3v) is 6.34. The summed E-state index contributed by atoms with van der Waals surface area (Å²) in [5.41, 5.74) is 7.69. The molecular formula is C30H18N4. The molecule has 0 aliphatic carbocycles. The SMILES string of the molecule is c1cnc2c(c1)ccc1ccc(-c3ccc(-c4ccc5ccc6cccnc6c5n4)cc3)nc12. The van der Waals surface area contributed by atoms with Crippen LogP contribution in [0.4, 0.5) is 0 Å². The van der Waals surface area contributed by atoms with E-state index in [1.807, 2.05) is 24.5 Å². The molecule has 4 heterocycles. The van der Waals surface area contributed by atoms with Gasteiger partial charge in [0.15, 0.2) is 0 Å². The van der Waals surface area contributed by atoms with Gasteiger partial charge in [0, 0.05) is 45.1 Å². The van der Waals surface area contributed by atoms with E-state index in [0.717, 1.165) is 66.1 Å². The number of hydrogen-bond acceptors (Lipinski definition) is 4. The number of hydrogen-bond donors (Lipinski definition) is 0. The fourth-order valence-corrected chi connectivity index (χ4v) is 4.58. The monoisotopic (exact) mass is 434 g/mol. The van der Waals surface area contributed by atoms with Crippen molar-refractivity contribution in [2.24, 2.45) is 0 Å². The molecule has 7 aromatic rings. The van der Waals surface area contributed by atoms with Crippen molar-refractivity contribution in [1.29, 1.82) is 0 Å². The maximum atomic E-state index is 4.96. The van der Waals surface area contributed by atoms with Crippen LogP contribution in [-0.2, 0) is 0 Å². The van der Waals surface area contributed by atoms with Crippen LogP contribution in [0, 0.1) is 0 Å². The molecule has 0 spiro atoms. The van der Waals surface area contributed by atoms with Crippen LogP contribution >= 0.6 is 0 Å². The van der Waals surface area contributed by atoms with Gasteiger partial charge < -0.3 is 0 Å². The molecule has 4 aromatic heterocycles. The Morgan fingerprint density at radius 3 is 1.18 bits per heavy atom. The van der Waals surface area contributed by atoms with Crippen LogP contribution in [0.25, 0.3) is 66.1 Å². The summed E-state index contributed by atoms with van der Waals surface area (Å²) in [6.07, 6.45) is 3.64. The molecular weight excluding hydrogens is 416 g/mol. The second kappa shape index (κ2) is 7.42. The van der Waals surface area contributed by atoms with E-state index >= 15 is 0 Å². The van der Waals surface area contributed by atoms with Gasteiger partial charge in [-0.1, -0.05) is 72.8 Å². The zero-order valence-electron chi connectivity index (χ0n) is 18.2. The van der Waals surface area contributed by atoms with E-state index in [1.54, 1.807) is 0 Å². The molecule has 0 amide bonds. The largest absolute Gasteiger partial charge is 0.254 e. The Kier molecular flexibility index (Phi) is 4.11. The summed E-state index contributed by atoms with van der Waals surface area (Å²) < 4.78 is 0. The van der Waals surface area contributed by atoms with Gasteiger partial charge in [0.25, 0.3) is 0 Å². The molecule has 4 heteroatoms. The molecule has 0 bridgehead atoms. The van der Waals surface area contributed by atoms with Gasteiger partial charge in [-0.25, -0.2) is 9.97 Å². The Labute approximate surface area is 195 Å². The average molecular weight is 435 g/mol. The van der Waals surface area contributed by atoms with Crippen molar-refractivity contribution in [1.82, 2.24) is 19.9 Å². The maximum Gasteiger partial charge on any atom is 0.0972 e. The van der Waals surface area contributed by atoms with Gasteiger partial charge in [0.05, 0.1) is 33.5 Å². The summed E-state index contributed by atoms with van der Waals surface area (Å²) in [6, 6.07) is 33.2. The van der Waals surface area contributed by atoms with Crippen molar-refractivity contribution in [2.45, 2.75) is 0 Å². The molecule has 34 heavy (non-hydrogen) atoms. The Hall–Kier alpha value is -4.70. The average Bonchev–Trinajstić information content (AvgIpc) is 2.92. The molecule has 0 aliphatic heterocycles. The van der Waals surface area contributed by atoms with E-state index in [-0.39, 0.29) is 0 Å². The molecule has 0 atom stereocenters. The van der Waals surface area contributed by atoms with Crippen LogP contribution in [0.3, 0.4) is 0 Å². The Bertz CT molecular complexity index is 1720. The van der Waals surface area contributed by atoms with E-state index in [0.29, 0.717) is 0 Å². The zero-order chi connectivity index (χ0) is 22.5. The van der Waals surface area contributed by atoms with Gasteiger partial charge in [0.2, 0.25) is 0 Å². The van der Waals surface area contributed by atoms with Crippen molar-refractivity contribution in [2.75, 3.05) is 0 Å². The lowest BCUT2D eigenvalue weighted by Crippen LogP contribution is -1.90. The summed E-state index contributed by atoms with van der Waals surface area (Å²) in [5, 5.41) is 4.37. The van der Waals surface area contributed by atoms with Crippen molar-refractivity contribution >= 4 is 43.6 Å². The third kappa shape index (κ3) is 3.00. The maximum absolute atomic E-state index is 4.96. The molecule has 3 aromatic carbocycles. The molecule has 4 nitrogen and oxygen atoms in total. The van der Waals surface area contributed by atoms with Crippen LogP contribution in [0.2, 0.25) is 0 Å². The smallest absolute Gasteiger partial charge is 0.0972 e. The standard InChI is InChI=1S/C30H18N4/c1-3-21-9-11-23-13-15-25(33-29(23)27(21)31-17-1)19-5-7-20(8-6-19)26-16-14-24-12-10-22-4-2-18-32-28(22)30(24)34-26/h1-18H. The summed E-state index contributed by atoms with van der Waals surface area (Å²) >= 11 is 0. The lowest BCUT2D eigenvalue weighted by atomic mass is 10.0. The molecule has 0 saturated carbocycles. The first-order valence-corrected chi connectivity index (χ1v) is 11.2. The number of pyridine rings is 4. The van der Waals surface area contributed by atoms with E-state index in [2.05, 4.69) is 94.9 Å². The highest BCUT2D eigenvalue weighted by Crippen LogP contribution is 2.29. The number of rotatable bonds is 2. The predicted molar refractivity (Wildman–Crippen MR) is 139 cm³/mol. The van der Waals surface area contributed by atoms with Crippen LogP contribution in [-0.4, -0.2) is 19.9 Å². The number of benzene rings is 3. The fourth-order valence-electron chi connectivity index (χ4n) is 4.58. The summed E-state index contributed by atoms with van der Waals surface area (Å²) in [7, 11) is 0. The Balaban J connectivity index is 1.31. The first kappa shape index (κ1) is 18.8. The molecule has 0 radical (unpaired) electrons. The van der Waals surface area contributed by atoms with Gasteiger partial charge in [-0.05, 0) is 24.3 Å². The Morgan fingerprint density at radius 2 is 0.735 bits per heavy atom. The van der Waals surface area contributed by atoms with E-state index < -0.39 is 0 Å². The first-order chi connectivity index (χ1) is 16.8. The van der Waals surface area contributed by atoms with Crippen LogP contribution in [0.5, 0.6) is 0 Å². The Morgan fingerprint density at radius 1 is 0.353 bits per heavy atom. The van der Waals surface area contributed by atoms with Crippen molar-refractivity contribution < 1.29 is 0 Å². The molecule has 0 fully saturated rings. The van der Waals surface area contributed by atoms with Crippen molar-refractivity contribution in [3.05, 3.63) is 109 Å². The zero-order valence-corrected chi connectivity index (χ0v) is 18.2. The van der Waals surface area contributed by atoms with Crippen LogP contribution in [0.15, 0.2) is 109 Å². The van der Waals surface area contributed by atoms with Crippen LogP contribution < -0.4 is 0 Å².